The standard InChI is InChI=1S/C51H71N7O8S/c1-50(2)37-20-12-14-22-40(37)55(6)43(50)32-35-46(36(47(35)61)33-44-51(3,4)38-21-13-15-23-41(38)56(44)28-17-18-31-58(7,8)9)57-29-19-24-42(57)49(63)53-39(34-67(64,65)66)48(62)52-26-30-54(5)27-16-10-11-25-45(59)60/h12-15,20-23,32-33,39,42H,10-11,16-19,24-31,34H2,1-9H3,(H2-2,52,53,59,60,62,63,64,65,66)/p+2/t39?,42-/m0/s1. The van der Waals surface area contributed by atoms with E-state index in [-0.39, 0.29) is 18.7 Å². The van der Waals surface area contributed by atoms with Gasteiger partial charge in [0.15, 0.2) is 11.5 Å². The zero-order valence-electron chi connectivity index (χ0n) is 41.0. The number of Topliss-reactive ketones (excluding diaryl/α,β-unsaturated/α-hetero) is 1. The molecule has 1 fully saturated rings. The van der Waals surface area contributed by atoms with Crippen molar-refractivity contribution in [3.63, 3.8) is 0 Å². The van der Waals surface area contributed by atoms with Crippen molar-refractivity contribution in [2.24, 2.45) is 0 Å². The van der Waals surface area contributed by atoms with Crippen LogP contribution in [0.25, 0.3) is 0 Å². The fraction of sp³-hybridized carbons (Fsp3) is 0.549. The molecular formula is C51H73N7O8S+2. The van der Waals surface area contributed by atoms with E-state index >= 15 is 0 Å². The lowest BCUT2D eigenvalue weighted by atomic mass is 9.76. The molecule has 3 aliphatic heterocycles. The van der Waals surface area contributed by atoms with Crippen LogP contribution in [0.4, 0.5) is 11.4 Å². The Hall–Kier alpha value is -5.16. The second-order valence-corrected chi connectivity index (χ2v) is 22.2. The van der Waals surface area contributed by atoms with Crippen LogP contribution in [0.5, 0.6) is 0 Å². The number of allylic oxidation sites excluding steroid dienone is 5. The number of anilines is 1. The van der Waals surface area contributed by atoms with Crippen LogP contribution in [0.2, 0.25) is 0 Å². The number of unbranched alkanes of at least 4 members (excludes halogenated alkanes) is 3. The number of carbonyl (C=O) groups excluding carboxylic acids is 3. The molecule has 4 N–H and O–H groups in total. The summed E-state index contributed by atoms with van der Waals surface area (Å²) in [5.74, 6) is -3.30. The van der Waals surface area contributed by atoms with E-state index in [1.165, 1.54) is 5.56 Å². The lowest BCUT2D eigenvalue weighted by Crippen LogP contribution is -2.55. The first-order valence-corrected chi connectivity index (χ1v) is 25.3. The minimum Gasteiger partial charge on any atom is -0.481 e. The predicted molar refractivity (Wildman–Crippen MR) is 262 cm³/mol. The van der Waals surface area contributed by atoms with Crippen molar-refractivity contribution in [3.8, 4) is 0 Å². The Morgan fingerprint density at radius 2 is 1.63 bits per heavy atom. The number of carboxylic acids is 1. The van der Waals surface area contributed by atoms with Gasteiger partial charge in [-0.1, -0.05) is 56.7 Å². The van der Waals surface area contributed by atoms with Crippen LogP contribution >= 0.6 is 0 Å². The molecule has 0 saturated carbocycles. The van der Waals surface area contributed by atoms with E-state index in [9.17, 15) is 32.1 Å². The molecule has 1 saturated heterocycles. The number of hydrogen-bond donors (Lipinski definition) is 4. The normalized spacial score (nSPS) is 20.5. The molecule has 2 atom stereocenters. The minimum absolute atomic E-state index is 0.112. The van der Waals surface area contributed by atoms with Crippen molar-refractivity contribution in [2.45, 2.75) is 102 Å². The molecule has 0 spiro atoms. The molecule has 1 aliphatic carbocycles. The first kappa shape index (κ1) is 51.2. The van der Waals surface area contributed by atoms with Crippen molar-refractivity contribution in [1.82, 2.24) is 20.4 Å². The van der Waals surface area contributed by atoms with Crippen LogP contribution in [-0.2, 0) is 40.1 Å². The number of nitrogens with zero attached hydrogens (tertiary/aromatic N) is 5. The Morgan fingerprint density at radius 1 is 0.940 bits per heavy atom. The Bertz CT molecular complexity index is 2480. The van der Waals surface area contributed by atoms with E-state index in [1.54, 1.807) is 0 Å². The highest BCUT2D eigenvalue weighted by Crippen LogP contribution is 2.50. The van der Waals surface area contributed by atoms with Crippen molar-refractivity contribution < 1.29 is 46.3 Å². The molecule has 6 rings (SSSR count). The summed E-state index contributed by atoms with van der Waals surface area (Å²) in [5, 5.41) is 14.3. The van der Waals surface area contributed by atoms with E-state index in [0.29, 0.717) is 55.7 Å². The highest BCUT2D eigenvalue weighted by atomic mass is 32.2. The smallest absolute Gasteiger partial charge is 0.303 e. The topological polar surface area (TPSA) is 180 Å². The van der Waals surface area contributed by atoms with Gasteiger partial charge in [-0.3, -0.25) is 23.7 Å². The number of hydrogen-bond acceptors (Lipinski definition) is 9. The van der Waals surface area contributed by atoms with Crippen LogP contribution < -0.4 is 15.5 Å². The van der Waals surface area contributed by atoms with Crippen molar-refractivity contribution >= 4 is 50.8 Å². The fourth-order valence-corrected chi connectivity index (χ4v) is 10.8. The summed E-state index contributed by atoms with van der Waals surface area (Å²) in [6.07, 6.45) is 9.16. The quantitative estimate of drug-likeness (QED) is 0.0403. The highest BCUT2D eigenvalue weighted by molar-refractivity contribution is 7.85. The maximum atomic E-state index is 14.9. The molecule has 364 valence electrons. The monoisotopic (exact) mass is 944 g/mol. The van der Waals surface area contributed by atoms with Gasteiger partial charge in [-0.05, 0) is 83.7 Å². The number of aliphatic carboxylic acids is 1. The van der Waals surface area contributed by atoms with Crippen LogP contribution in [0, 0.1) is 0 Å². The molecule has 3 heterocycles. The highest BCUT2D eigenvalue weighted by Gasteiger charge is 2.49. The first-order chi connectivity index (χ1) is 31.4. The molecule has 15 nitrogen and oxygen atoms in total. The van der Waals surface area contributed by atoms with Gasteiger partial charge in [0.25, 0.3) is 10.1 Å². The molecule has 0 aromatic heterocycles. The Morgan fingerprint density at radius 3 is 2.30 bits per heavy atom. The molecule has 2 aromatic rings. The Kier molecular flexibility index (Phi) is 15.8. The lowest BCUT2D eigenvalue weighted by Gasteiger charge is -2.37. The van der Waals surface area contributed by atoms with Crippen molar-refractivity contribution in [2.75, 3.05) is 85.2 Å². The van der Waals surface area contributed by atoms with Gasteiger partial charge >= 0.3 is 5.97 Å². The van der Waals surface area contributed by atoms with Gasteiger partial charge in [-0.25, -0.2) is 0 Å². The number of fused-ring (bicyclic) bond motifs is 2. The second-order valence-electron chi connectivity index (χ2n) is 20.7. The largest absolute Gasteiger partial charge is 0.481 e. The van der Waals surface area contributed by atoms with E-state index in [2.05, 4.69) is 93.2 Å². The molecular weight excluding hydrogens is 871 g/mol. The van der Waals surface area contributed by atoms with Crippen LogP contribution in [0.1, 0.15) is 90.2 Å². The minimum atomic E-state index is -4.70. The van der Waals surface area contributed by atoms with Crippen molar-refractivity contribution in [1.29, 1.82) is 0 Å². The molecule has 1 unspecified atom stereocenters. The SMILES string of the molecule is CN(CCCCCC(=O)O)CCNC(=O)C(CS(=O)(=O)O)NC(=O)[C@@H]1CCCN1C1=C(/C=C2/N(CCCC[N+](C)(C)C)c3ccccc3C2(C)C)C(=O)/C1=C\C1=[N+](C)c2ccccc2C1(C)C. The number of para-hydroxylation sites is 2. The lowest BCUT2D eigenvalue weighted by molar-refractivity contribution is -0.870. The third kappa shape index (κ3) is 11.8. The molecule has 16 heteroatoms. The maximum absolute atomic E-state index is 14.9. The summed E-state index contributed by atoms with van der Waals surface area (Å²) in [6.45, 7) is 12.1. The molecule has 67 heavy (non-hydrogen) atoms. The third-order valence-corrected chi connectivity index (χ3v) is 14.6. The molecule has 0 bridgehead atoms. The van der Waals surface area contributed by atoms with Crippen LogP contribution in [0.3, 0.4) is 0 Å². The predicted octanol–water partition coefficient (Wildman–Crippen LogP) is 5.15. The van der Waals surface area contributed by atoms with Gasteiger partial charge < -0.3 is 34.9 Å². The van der Waals surface area contributed by atoms with E-state index in [4.69, 9.17) is 5.11 Å². The van der Waals surface area contributed by atoms with Crippen molar-refractivity contribution in [3.05, 3.63) is 94.4 Å². The molecule has 2 aromatic carbocycles. The summed E-state index contributed by atoms with van der Waals surface area (Å²) in [6, 6.07) is 14.1. The number of nitrogens with one attached hydrogen (secondary N) is 2. The summed E-state index contributed by atoms with van der Waals surface area (Å²) in [4.78, 5) is 60.0. The van der Waals surface area contributed by atoms with Gasteiger partial charge in [0.1, 0.15) is 24.9 Å². The number of likely N-dealkylation sites (N-methyl/N-ethyl adjacent to an activating group) is 1. The van der Waals surface area contributed by atoms with Crippen LogP contribution in [0.15, 0.2) is 83.2 Å². The van der Waals surface area contributed by atoms with Gasteiger partial charge in [-0.15, -0.1) is 0 Å². The maximum Gasteiger partial charge on any atom is 0.303 e. The number of rotatable bonds is 22. The average molecular weight is 944 g/mol. The Balaban J connectivity index is 1.33. The number of amides is 2. The molecule has 0 radical (unpaired) electrons. The zero-order chi connectivity index (χ0) is 49.1. The van der Waals surface area contributed by atoms with Crippen LogP contribution in [-0.4, -0.2) is 159 Å². The van der Waals surface area contributed by atoms with E-state index in [0.717, 1.165) is 71.6 Å². The summed E-state index contributed by atoms with van der Waals surface area (Å²) in [5.41, 5.74) is 7.11. The van der Waals surface area contributed by atoms with Gasteiger partial charge in [0.2, 0.25) is 17.5 Å². The summed E-state index contributed by atoms with van der Waals surface area (Å²) >= 11 is 0. The number of benzene rings is 2. The molecule has 4 aliphatic rings. The summed E-state index contributed by atoms with van der Waals surface area (Å²) in [7, 11) is 5.74. The number of carboxylic acid groups (broad SMARTS) is 1. The summed E-state index contributed by atoms with van der Waals surface area (Å²) < 4.78 is 37.5. The Labute approximate surface area is 397 Å². The third-order valence-electron chi connectivity index (χ3n) is 13.8. The first-order valence-electron chi connectivity index (χ1n) is 23.7. The molecule has 2 amide bonds. The van der Waals surface area contributed by atoms with Gasteiger partial charge in [-0.2, -0.15) is 13.0 Å². The van der Waals surface area contributed by atoms with Gasteiger partial charge in [0, 0.05) is 72.7 Å². The number of carbonyl (C=O) groups is 4. The number of quaternary nitrogens is 1. The zero-order valence-corrected chi connectivity index (χ0v) is 41.8. The van der Waals surface area contributed by atoms with E-state index < -0.39 is 56.6 Å². The van der Waals surface area contributed by atoms with Gasteiger partial charge in [0.05, 0.1) is 44.4 Å². The average Bonchev–Trinajstić information content (AvgIpc) is 3.86. The second kappa shape index (κ2) is 20.6. The number of likely N-dealkylation sites (tertiary alicyclic amines) is 1. The number of ketones is 1. The fourth-order valence-electron chi connectivity index (χ4n) is 10.2. The van der Waals surface area contributed by atoms with E-state index in [1.807, 2.05) is 60.3 Å².